The summed E-state index contributed by atoms with van der Waals surface area (Å²) in [6, 6.07) is 13.7. The summed E-state index contributed by atoms with van der Waals surface area (Å²) in [6.07, 6.45) is 0. The van der Waals surface area contributed by atoms with Gasteiger partial charge in [0, 0.05) is 0 Å². The maximum atomic E-state index is 13.4. The maximum Gasteiger partial charge on any atom is 0.262 e. The molecule has 4 aromatic rings. The van der Waals surface area contributed by atoms with E-state index in [-0.39, 0.29) is 5.82 Å². The fourth-order valence-electron chi connectivity index (χ4n) is 2.78. The zero-order chi connectivity index (χ0) is 18.8. The molecule has 2 aromatic heterocycles. The molecule has 0 radical (unpaired) electrons. The Morgan fingerprint density at radius 3 is 2.81 bits per heavy atom. The summed E-state index contributed by atoms with van der Waals surface area (Å²) < 4.78 is 25.8. The first-order valence-electron chi connectivity index (χ1n) is 8.27. The molecule has 2 heterocycles. The lowest BCUT2D eigenvalue weighted by Crippen LogP contribution is -2.04. The van der Waals surface area contributed by atoms with E-state index >= 15 is 0 Å². The summed E-state index contributed by atoms with van der Waals surface area (Å²) in [4.78, 5) is 4.42. The molecule has 8 heteroatoms. The Hall–Kier alpha value is -3.55. The minimum absolute atomic E-state index is 0.287. The molecule has 0 fully saturated rings. The molecule has 136 valence electrons. The second-order valence-corrected chi connectivity index (χ2v) is 5.93. The van der Waals surface area contributed by atoms with Crippen LogP contribution in [0.15, 0.2) is 53.1 Å². The number of hydrogen-bond acceptors (Lipinski definition) is 6. The van der Waals surface area contributed by atoms with Gasteiger partial charge in [0.1, 0.15) is 11.6 Å². The Labute approximate surface area is 154 Å². The van der Waals surface area contributed by atoms with Crippen molar-refractivity contribution in [3.05, 3.63) is 65.6 Å². The minimum atomic E-state index is -0.287. The average molecular weight is 365 g/mol. The van der Waals surface area contributed by atoms with Crippen molar-refractivity contribution in [3.8, 4) is 28.7 Å². The second-order valence-electron chi connectivity index (χ2n) is 5.93. The molecule has 7 nitrogen and oxygen atoms in total. The molecule has 0 aliphatic heterocycles. The highest BCUT2D eigenvalue weighted by atomic mass is 19.1. The molecule has 0 spiro atoms. The van der Waals surface area contributed by atoms with E-state index < -0.39 is 0 Å². The Balaban J connectivity index is 1.64. The van der Waals surface area contributed by atoms with Gasteiger partial charge >= 0.3 is 0 Å². The molecule has 0 atom stereocenters. The Bertz CT molecular complexity index is 1090. The number of benzene rings is 2. The first-order valence-corrected chi connectivity index (χ1v) is 8.27. The van der Waals surface area contributed by atoms with Gasteiger partial charge < -0.3 is 9.26 Å². The van der Waals surface area contributed by atoms with Gasteiger partial charge in [-0.15, -0.1) is 5.10 Å². The fraction of sp³-hybridized carbons (Fsp3) is 0.158. The standard InChI is InChI=1S/C19H16FN5O2/c1-12-17(22-24-25(12)11-13-6-5-7-14(20)10-13)18-21-19(27-23-18)15-8-3-4-9-16(15)26-2/h3-10H,11H2,1-2H3. The number of aromatic nitrogens is 5. The molecular weight excluding hydrogens is 349 g/mol. The molecule has 4 rings (SSSR count). The van der Waals surface area contributed by atoms with Gasteiger partial charge in [-0.05, 0) is 36.8 Å². The molecular formula is C19H16FN5O2. The zero-order valence-electron chi connectivity index (χ0n) is 14.8. The minimum Gasteiger partial charge on any atom is -0.496 e. The van der Waals surface area contributed by atoms with Crippen molar-refractivity contribution < 1.29 is 13.7 Å². The van der Waals surface area contributed by atoms with E-state index in [9.17, 15) is 4.39 Å². The van der Waals surface area contributed by atoms with Crippen LogP contribution in [0.2, 0.25) is 0 Å². The van der Waals surface area contributed by atoms with Crippen LogP contribution < -0.4 is 4.74 Å². The molecule has 0 amide bonds. The van der Waals surface area contributed by atoms with E-state index in [0.29, 0.717) is 35.3 Å². The van der Waals surface area contributed by atoms with E-state index in [1.165, 1.54) is 12.1 Å². The number of nitrogens with zero attached hydrogens (tertiary/aromatic N) is 5. The number of para-hydroxylation sites is 1. The first-order chi connectivity index (χ1) is 13.2. The zero-order valence-corrected chi connectivity index (χ0v) is 14.8. The van der Waals surface area contributed by atoms with Crippen LogP contribution in [0.1, 0.15) is 11.3 Å². The number of methoxy groups -OCH3 is 1. The average Bonchev–Trinajstić information content (AvgIpc) is 3.29. The van der Waals surface area contributed by atoms with E-state index in [1.54, 1.807) is 17.9 Å². The number of rotatable bonds is 5. The molecule has 0 unspecified atom stereocenters. The number of hydrogen-bond donors (Lipinski definition) is 0. The van der Waals surface area contributed by atoms with E-state index in [4.69, 9.17) is 9.26 Å². The van der Waals surface area contributed by atoms with Gasteiger partial charge in [-0.1, -0.05) is 34.6 Å². The highest BCUT2D eigenvalue weighted by Gasteiger charge is 2.19. The Morgan fingerprint density at radius 1 is 1.15 bits per heavy atom. The van der Waals surface area contributed by atoms with Gasteiger partial charge in [-0.2, -0.15) is 4.98 Å². The highest BCUT2D eigenvalue weighted by Crippen LogP contribution is 2.30. The summed E-state index contributed by atoms with van der Waals surface area (Å²) in [6.45, 7) is 2.25. The largest absolute Gasteiger partial charge is 0.496 e. The molecule has 0 saturated carbocycles. The quantitative estimate of drug-likeness (QED) is 0.539. The van der Waals surface area contributed by atoms with Crippen molar-refractivity contribution >= 4 is 0 Å². The summed E-state index contributed by atoms with van der Waals surface area (Å²) in [5.41, 5.74) is 2.75. The molecule has 0 aliphatic rings. The third-order valence-corrected chi connectivity index (χ3v) is 4.18. The van der Waals surface area contributed by atoms with E-state index in [0.717, 1.165) is 11.3 Å². The van der Waals surface area contributed by atoms with Crippen molar-refractivity contribution in [1.82, 2.24) is 25.1 Å². The summed E-state index contributed by atoms with van der Waals surface area (Å²) in [7, 11) is 1.58. The van der Waals surface area contributed by atoms with Gasteiger partial charge in [-0.3, -0.25) is 0 Å². The van der Waals surface area contributed by atoms with Gasteiger partial charge in [0.2, 0.25) is 5.82 Å². The van der Waals surface area contributed by atoms with E-state index in [1.807, 2.05) is 37.3 Å². The fourth-order valence-corrected chi connectivity index (χ4v) is 2.78. The second kappa shape index (κ2) is 6.99. The monoisotopic (exact) mass is 365 g/mol. The van der Waals surface area contributed by atoms with Crippen LogP contribution in [0, 0.1) is 12.7 Å². The van der Waals surface area contributed by atoms with Crippen molar-refractivity contribution in [2.45, 2.75) is 13.5 Å². The third-order valence-electron chi connectivity index (χ3n) is 4.18. The Morgan fingerprint density at radius 2 is 2.00 bits per heavy atom. The van der Waals surface area contributed by atoms with Crippen LogP contribution in [-0.4, -0.2) is 32.2 Å². The van der Waals surface area contributed by atoms with Crippen molar-refractivity contribution in [2.24, 2.45) is 0 Å². The lowest BCUT2D eigenvalue weighted by molar-refractivity contribution is 0.405. The summed E-state index contributed by atoms with van der Waals surface area (Å²) in [5.74, 6) is 1.02. The van der Waals surface area contributed by atoms with Crippen LogP contribution >= 0.6 is 0 Å². The first kappa shape index (κ1) is 16.9. The van der Waals surface area contributed by atoms with Crippen LogP contribution in [-0.2, 0) is 6.54 Å². The van der Waals surface area contributed by atoms with Gasteiger partial charge in [0.25, 0.3) is 5.89 Å². The number of halogens is 1. The third kappa shape index (κ3) is 3.29. The topological polar surface area (TPSA) is 78.9 Å². The van der Waals surface area contributed by atoms with Crippen LogP contribution in [0.3, 0.4) is 0 Å². The normalized spacial score (nSPS) is 10.9. The smallest absolute Gasteiger partial charge is 0.262 e. The number of ether oxygens (including phenoxy) is 1. The molecule has 0 aliphatic carbocycles. The van der Waals surface area contributed by atoms with Crippen molar-refractivity contribution in [1.29, 1.82) is 0 Å². The van der Waals surface area contributed by atoms with Crippen LogP contribution in [0.4, 0.5) is 4.39 Å². The van der Waals surface area contributed by atoms with Gasteiger partial charge in [-0.25, -0.2) is 9.07 Å². The maximum absolute atomic E-state index is 13.4. The molecule has 0 bridgehead atoms. The van der Waals surface area contributed by atoms with E-state index in [2.05, 4.69) is 20.5 Å². The van der Waals surface area contributed by atoms with Crippen LogP contribution in [0.5, 0.6) is 5.75 Å². The molecule has 0 saturated heterocycles. The predicted molar refractivity (Wildman–Crippen MR) is 95.5 cm³/mol. The molecule has 0 N–H and O–H groups in total. The van der Waals surface area contributed by atoms with Gasteiger partial charge in [0.15, 0.2) is 5.69 Å². The lowest BCUT2D eigenvalue weighted by atomic mass is 10.2. The van der Waals surface area contributed by atoms with Gasteiger partial charge in [0.05, 0.1) is 24.9 Å². The van der Waals surface area contributed by atoms with Crippen LogP contribution in [0.25, 0.3) is 23.0 Å². The molecule has 2 aromatic carbocycles. The summed E-state index contributed by atoms with van der Waals surface area (Å²) >= 11 is 0. The predicted octanol–water partition coefficient (Wildman–Crippen LogP) is 3.50. The SMILES string of the molecule is COc1ccccc1-c1nc(-c2nnn(Cc3cccc(F)c3)c2C)no1. The molecule has 27 heavy (non-hydrogen) atoms. The van der Waals surface area contributed by atoms with Crippen molar-refractivity contribution in [2.75, 3.05) is 7.11 Å². The summed E-state index contributed by atoms with van der Waals surface area (Å²) in [5, 5.41) is 12.3. The lowest BCUT2D eigenvalue weighted by Gasteiger charge is -2.03. The van der Waals surface area contributed by atoms with Crippen molar-refractivity contribution in [3.63, 3.8) is 0 Å². The Kier molecular flexibility index (Phi) is 4.37. The highest BCUT2D eigenvalue weighted by molar-refractivity contribution is 5.64.